The smallest absolute Gasteiger partial charge is 0.319 e. The van der Waals surface area contributed by atoms with Gasteiger partial charge in [0.1, 0.15) is 0 Å². The molecule has 148 valence electrons. The van der Waals surface area contributed by atoms with Crippen molar-refractivity contribution >= 4 is 23.5 Å². The highest BCUT2D eigenvalue weighted by Gasteiger charge is 2.13. The minimum absolute atomic E-state index is 0.0718. The van der Waals surface area contributed by atoms with Crippen LogP contribution in [0.2, 0.25) is 0 Å². The van der Waals surface area contributed by atoms with Crippen molar-refractivity contribution in [2.75, 3.05) is 11.9 Å². The zero-order valence-corrected chi connectivity index (χ0v) is 16.3. The summed E-state index contributed by atoms with van der Waals surface area (Å²) in [5, 5.41) is 8.26. The monoisotopic (exact) mass is 382 g/mol. The third-order valence-corrected chi connectivity index (χ3v) is 4.29. The molecule has 7 heteroatoms. The topological polar surface area (TPSA) is 113 Å². The van der Waals surface area contributed by atoms with Crippen LogP contribution >= 0.6 is 0 Å². The van der Waals surface area contributed by atoms with E-state index in [2.05, 4.69) is 22.0 Å². The van der Waals surface area contributed by atoms with Crippen LogP contribution in [0.25, 0.3) is 0 Å². The van der Waals surface area contributed by atoms with Crippen LogP contribution in [0.15, 0.2) is 42.5 Å². The average Bonchev–Trinajstić information content (AvgIpc) is 2.63. The van der Waals surface area contributed by atoms with Gasteiger partial charge in [0.25, 0.3) is 5.91 Å². The number of carbonyl (C=O) groups is 3. The molecule has 2 aromatic carbocycles. The Morgan fingerprint density at radius 3 is 2.54 bits per heavy atom. The van der Waals surface area contributed by atoms with E-state index < -0.39 is 5.91 Å². The zero-order chi connectivity index (χ0) is 20.7. The summed E-state index contributed by atoms with van der Waals surface area (Å²) in [6.07, 6.45) is 0.0718. The fourth-order valence-corrected chi connectivity index (χ4v) is 2.81. The van der Waals surface area contributed by atoms with Crippen molar-refractivity contribution < 1.29 is 14.4 Å². The van der Waals surface area contributed by atoms with Gasteiger partial charge in [0.05, 0.1) is 6.04 Å². The predicted molar refractivity (Wildman–Crippen MR) is 109 cm³/mol. The van der Waals surface area contributed by atoms with Gasteiger partial charge in [0.2, 0.25) is 5.91 Å². The van der Waals surface area contributed by atoms with Crippen molar-refractivity contribution in [2.24, 2.45) is 5.73 Å². The first-order chi connectivity index (χ1) is 13.3. The quantitative estimate of drug-likeness (QED) is 0.590. The van der Waals surface area contributed by atoms with Crippen molar-refractivity contribution in [3.8, 4) is 0 Å². The van der Waals surface area contributed by atoms with E-state index in [-0.39, 0.29) is 30.9 Å². The summed E-state index contributed by atoms with van der Waals surface area (Å²) in [5.41, 5.74) is 9.21. The number of hydrogen-bond acceptors (Lipinski definition) is 3. The number of amides is 4. The lowest BCUT2D eigenvalue weighted by Gasteiger charge is -2.18. The summed E-state index contributed by atoms with van der Waals surface area (Å²) in [6, 6.07) is 12.2. The number of hydrogen-bond donors (Lipinski definition) is 4. The number of nitrogens with two attached hydrogens (primary N) is 1. The summed E-state index contributed by atoms with van der Waals surface area (Å²) in [6.45, 7) is 6.10. The Morgan fingerprint density at radius 2 is 1.82 bits per heavy atom. The first kappa shape index (κ1) is 21.0. The van der Waals surface area contributed by atoms with Crippen LogP contribution in [0, 0.1) is 13.8 Å². The SMILES string of the molecule is Cc1ccc(C)c(C(C)NC(=O)Nc2cccc(C(=O)NCCC(N)=O)c2)c1. The van der Waals surface area contributed by atoms with E-state index in [1.165, 1.54) is 0 Å². The lowest BCUT2D eigenvalue weighted by molar-refractivity contribution is -0.117. The molecule has 0 saturated heterocycles. The van der Waals surface area contributed by atoms with Gasteiger partial charge in [-0.1, -0.05) is 29.8 Å². The summed E-state index contributed by atoms with van der Waals surface area (Å²) < 4.78 is 0. The number of anilines is 1. The molecule has 0 aromatic heterocycles. The number of rotatable bonds is 7. The molecule has 2 rings (SSSR count). The second kappa shape index (κ2) is 9.55. The molecule has 7 nitrogen and oxygen atoms in total. The molecule has 1 unspecified atom stereocenters. The van der Waals surface area contributed by atoms with Crippen LogP contribution in [-0.2, 0) is 4.79 Å². The van der Waals surface area contributed by atoms with Crippen LogP contribution in [0.4, 0.5) is 10.5 Å². The van der Waals surface area contributed by atoms with Gasteiger partial charge in [0.15, 0.2) is 0 Å². The van der Waals surface area contributed by atoms with Crippen LogP contribution in [0.3, 0.4) is 0 Å². The number of urea groups is 1. The van der Waals surface area contributed by atoms with E-state index >= 15 is 0 Å². The van der Waals surface area contributed by atoms with Crippen LogP contribution in [0.5, 0.6) is 0 Å². The van der Waals surface area contributed by atoms with E-state index in [9.17, 15) is 14.4 Å². The Hall–Kier alpha value is -3.35. The van der Waals surface area contributed by atoms with E-state index in [0.717, 1.165) is 16.7 Å². The summed E-state index contributed by atoms with van der Waals surface area (Å²) in [4.78, 5) is 35.2. The van der Waals surface area contributed by atoms with Gasteiger partial charge in [-0.3, -0.25) is 9.59 Å². The van der Waals surface area contributed by atoms with Crippen LogP contribution in [0.1, 0.15) is 46.4 Å². The zero-order valence-electron chi connectivity index (χ0n) is 16.3. The summed E-state index contributed by atoms with van der Waals surface area (Å²) in [5.74, 6) is -0.820. The molecule has 0 bridgehead atoms. The number of nitrogens with one attached hydrogen (secondary N) is 3. The van der Waals surface area contributed by atoms with Crippen molar-refractivity contribution in [3.05, 3.63) is 64.7 Å². The molecule has 1 atom stereocenters. The molecular formula is C21H26N4O3. The molecule has 5 N–H and O–H groups in total. The van der Waals surface area contributed by atoms with Gasteiger partial charge in [-0.05, 0) is 50.1 Å². The molecule has 0 fully saturated rings. The lowest BCUT2D eigenvalue weighted by atomic mass is 10.0. The van der Waals surface area contributed by atoms with Crippen LogP contribution in [-0.4, -0.2) is 24.4 Å². The Bertz CT molecular complexity index is 880. The molecule has 0 aliphatic heterocycles. The minimum atomic E-state index is -0.481. The highest BCUT2D eigenvalue weighted by atomic mass is 16.2. The Morgan fingerprint density at radius 1 is 1.07 bits per heavy atom. The van der Waals surface area contributed by atoms with E-state index in [4.69, 9.17) is 5.73 Å². The van der Waals surface area contributed by atoms with Gasteiger partial charge in [-0.15, -0.1) is 0 Å². The third kappa shape index (κ3) is 6.12. The number of primary amides is 1. The predicted octanol–water partition coefficient (Wildman–Crippen LogP) is 2.79. The largest absolute Gasteiger partial charge is 0.370 e. The molecule has 0 aliphatic rings. The Kier molecular flexibility index (Phi) is 7.14. The Labute approximate surface area is 164 Å². The minimum Gasteiger partial charge on any atom is -0.370 e. The van der Waals surface area contributed by atoms with Gasteiger partial charge in [-0.2, -0.15) is 0 Å². The van der Waals surface area contributed by atoms with Gasteiger partial charge in [0, 0.05) is 24.2 Å². The fraction of sp³-hybridized carbons (Fsp3) is 0.286. The van der Waals surface area contributed by atoms with E-state index in [1.807, 2.05) is 32.9 Å². The number of benzene rings is 2. The normalized spacial score (nSPS) is 11.4. The highest BCUT2D eigenvalue weighted by molar-refractivity contribution is 5.97. The molecule has 4 amide bonds. The maximum Gasteiger partial charge on any atom is 0.319 e. The van der Waals surface area contributed by atoms with E-state index in [0.29, 0.717) is 11.3 Å². The fourth-order valence-electron chi connectivity index (χ4n) is 2.81. The van der Waals surface area contributed by atoms with Crippen molar-refractivity contribution in [1.82, 2.24) is 10.6 Å². The van der Waals surface area contributed by atoms with Crippen LogP contribution < -0.4 is 21.7 Å². The molecule has 0 heterocycles. The van der Waals surface area contributed by atoms with E-state index in [1.54, 1.807) is 24.3 Å². The number of aryl methyl sites for hydroxylation is 2. The molecule has 28 heavy (non-hydrogen) atoms. The standard InChI is InChI=1S/C21H26N4O3/c1-13-7-8-14(2)18(11-13)15(3)24-21(28)25-17-6-4-5-16(12-17)20(27)23-10-9-19(22)26/h4-8,11-12,15H,9-10H2,1-3H3,(H2,22,26)(H,23,27)(H2,24,25,28). The maximum atomic E-state index is 12.3. The molecule has 0 radical (unpaired) electrons. The highest BCUT2D eigenvalue weighted by Crippen LogP contribution is 2.19. The summed E-state index contributed by atoms with van der Waals surface area (Å²) in [7, 11) is 0. The Balaban J connectivity index is 1.97. The second-order valence-corrected chi connectivity index (χ2v) is 6.73. The van der Waals surface area contributed by atoms with Crippen molar-refractivity contribution in [2.45, 2.75) is 33.2 Å². The molecule has 2 aromatic rings. The van der Waals surface area contributed by atoms with Gasteiger partial charge < -0.3 is 21.7 Å². The average molecular weight is 382 g/mol. The van der Waals surface area contributed by atoms with Crippen molar-refractivity contribution in [3.63, 3.8) is 0 Å². The maximum absolute atomic E-state index is 12.3. The molecule has 0 saturated carbocycles. The molecule has 0 spiro atoms. The molecular weight excluding hydrogens is 356 g/mol. The van der Waals surface area contributed by atoms with Gasteiger partial charge in [-0.25, -0.2) is 4.79 Å². The third-order valence-electron chi connectivity index (χ3n) is 4.29. The second-order valence-electron chi connectivity index (χ2n) is 6.73. The first-order valence-corrected chi connectivity index (χ1v) is 9.07. The summed E-state index contributed by atoms with van der Waals surface area (Å²) >= 11 is 0. The van der Waals surface area contributed by atoms with Crippen molar-refractivity contribution in [1.29, 1.82) is 0 Å². The van der Waals surface area contributed by atoms with Gasteiger partial charge >= 0.3 is 6.03 Å². The molecule has 0 aliphatic carbocycles. The first-order valence-electron chi connectivity index (χ1n) is 9.07. The number of carbonyl (C=O) groups excluding carboxylic acids is 3. The lowest BCUT2D eigenvalue weighted by Crippen LogP contribution is -2.31.